The molecule has 358 valence electrons. The van der Waals surface area contributed by atoms with Gasteiger partial charge in [0, 0.05) is 102 Å². The molecule has 1 atom stereocenters. The summed E-state index contributed by atoms with van der Waals surface area (Å²) in [4.78, 5) is 60.1. The Kier molecular flexibility index (Phi) is 11.6. The second kappa shape index (κ2) is 19.1. The number of urea groups is 2. The second-order valence-electron chi connectivity index (χ2n) is 17.0. The number of hydrogen-bond acceptors (Lipinski definition) is 15. The highest BCUT2D eigenvalue weighted by Gasteiger charge is 2.26. The Morgan fingerprint density at radius 2 is 1.25 bits per heavy atom. The van der Waals surface area contributed by atoms with Crippen LogP contribution >= 0.6 is 0 Å². The van der Waals surface area contributed by atoms with E-state index in [4.69, 9.17) is 33.5 Å². The number of nitrogens with zero attached hydrogens (tertiary/aromatic N) is 9. The number of pyridine rings is 4. The largest absolute Gasteiger partial charge is 0.378 e. The molecular formula is C51H43N15O6. The number of hydrogen-bond donors (Lipinski definition) is 6. The number of aromatic amines is 2. The van der Waals surface area contributed by atoms with E-state index in [2.05, 4.69) is 67.4 Å². The highest BCUT2D eigenvalue weighted by Crippen LogP contribution is 2.34. The normalized spacial score (nSPS) is 14.9. The zero-order chi connectivity index (χ0) is 48.4. The average Bonchev–Trinajstić information content (AvgIpc) is 4.27. The number of imidazole rings is 1. The third-order valence-electron chi connectivity index (χ3n) is 12.3. The summed E-state index contributed by atoms with van der Waals surface area (Å²) in [7, 11) is 0. The second-order valence-corrected chi connectivity index (χ2v) is 17.0. The van der Waals surface area contributed by atoms with Gasteiger partial charge in [0.25, 0.3) is 0 Å². The van der Waals surface area contributed by atoms with E-state index in [0.29, 0.717) is 67.1 Å². The van der Waals surface area contributed by atoms with Crippen LogP contribution in [-0.4, -0.2) is 103 Å². The fraction of sp³-hybridized carbons (Fsp3) is 0.157. The Labute approximate surface area is 409 Å². The molecule has 2 aliphatic heterocycles. The SMILES string of the molecule is O=C(Nc1ccc(-c2cc3c(N4CCOC(c5ccc(-c6cc(NC(=O)Nc7ccc(-c8nc9c(N%10CCOCC%10)nccc9[nH]8)cc7)on6)cn5)C4)nccc3[nH]2)cc1)Nc1cc(-c2cccnc2)no1. The summed E-state index contributed by atoms with van der Waals surface area (Å²) in [6.45, 7) is 4.49. The molecule has 4 amide bonds. The van der Waals surface area contributed by atoms with Crippen LogP contribution in [0.1, 0.15) is 11.8 Å². The van der Waals surface area contributed by atoms with Gasteiger partial charge in [0.15, 0.2) is 5.82 Å². The molecule has 2 aromatic carbocycles. The number of nitrogens with one attached hydrogen (secondary N) is 6. The molecule has 2 fully saturated rings. The third-order valence-corrected chi connectivity index (χ3v) is 12.3. The van der Waals surface area contributed by atoms with Gasteiger partial charge in [-0.1, -0.05) is 22.4 Å². The molecular weight excluding hydrogens is 919 g/mol. The van der Waals surface area contributed by atoms with Gasteiger partial charge in [0.2, 0.25) is 11.8 Å². The smallest absolute Gasteiger partial charge is 0.326 e. The number of morpholine rings is 2. The fourth-order valence-electron chi connectivity index (χ4n) is 8.73. The summed E-state index contributed by atoms with van der Waals surface area (Å²) in [6, 6.07) is 30.6. The summed E-state index contributed by atoms with van der Waals surface area (Å²) in [5, 5.41) is 20.2. The van der Waals surface area contributed by atoms with Crippen molar-refractivity contribution in [3.63, 3.8) is 0 Å². The fourth-order valence-corrected chi connectivity index (χ4v) is 8.73. The molecule has 21 nitrogen and oxygen atoms in total. The minimum absolute atomic E-state index is 0.172. The van der Waals surface area contributed by atoms with Gasteiger partial charge in [-0.2, -0.15) is 0 Å². The molecule has 8 aromatic heterocycles. The highest BCUT2D eigenvalue weighted by atomic mass is 16.5. The van der Waals surface area contributed by atoms with Crippen molar-refractivity contribution in [2.75, 3.05) is 77.1 Å². The topological polar surface area (TPSA) is 255 Å². The van der Waals surface area contributed by atoms with Crippen LogP contribution in [0.5, 0.6) is 0 Å². The lowest BCUT2D eigenvalue weighted by Gasteiger charge is -2.33. The monoisotopic (exact) mass is 961 g/mol. The predicted octanol–water partition coefficient (Wildman–Crippen LogP) is 8.97. The van der Waals surface area contributed by atoms with E-state index in [9.17, 15) is 9.59 Å². The Balaban J connectivity index is 0.647. The molecule has 6 N–H and O–H groups in total. The first kappa shape index (κ1) is 43.8. The van der Waals surface area contributed by atoms with E-state index in [1.165, 1.54) is 0 Å². The number of rotatable bonds is 11. The van der Waals surface area contributed by atoms with E-state index in [-0.39, 0.29) is 17.9 Å². The van der Waals surface area contributed by atoms with Crippen molar-refractivity contribution >= 4 is 68.8 Å². The summed E-state index contributed by atoms with van der Waals surface area (Å²) in [5.41, 5.74) is 9.81. The molecule has 1 unspecified atom stereocenters. The van der Waals surface area contributed by atoms with Crippen LogP contribution in [0.15, 0.2) is 143 Å². The molecule has 0 spiro atoms. The first-order chi connectivity index (χ1) is 35.4. The number of H-pyrrole nitrogens is 2. The number of aromatic nitrogens is 9. The van der Waals surface area contributed by atoms with Crippen molar-refractivity contribution in [1.82, 2.24) is 45.2 Å². The van der Waals surface area contributed by atoms with Crippen LogP contribution < -0.4 is 31.1 Å². The van der Waals surface area contributed by atoms with E-state index in [0.717, 1.165) is 74.7 Å². The number of ether oxygens (including phenoxy) is 2. The summed E-state index contributed by atoms with van der Waals surface area (Å²) >= 11 is 0. The van der Waals surface area contributed by atoms with Crippen LogP contribution in [-0.2, 0) is 9.47 Å². The van der Waals surface area contributed by atoms with Crippen molar-refractivity contribution in [2.45, 2.75) is 6.10 Å². The quantitative estimate of drug-likeness (QED) is 0.0707. The molecule has 0 bridgehead atoms. The minimum Gasteiger partial charge on any atom is -0.378 e. The minimum atomic E-state index is -0.490. The van der Waals surface area contributed by atoms with Crippen LogP contribution in [0, 0.1) is 0 Å². The first-order valence-electron chi connectivity index (χ1n) is 23.1. The molecule has 0 saturated carbocycles. The van der Waals surface area contributed by atoms with E-state index >= 15 is 0 Å². The van der Waals surface area contributed by atoms with E-state index < -0.39 is 12.1 Å². The zero-order valence-corrected chi connectivity index (χ0v) is 38.2. The Morgan fingerprint density at radius 3 is 1.93 bits per heavy atom. The highest BCUT2D eigenvalue weighted by molar-refractivity contribution is 6.00. The van der Waals surface area contributed by atoms with Crippen molar-refractivity contribution in [1.29, 1.82) is 0 Å². The number of carbonyl (C=O) groups excluding carboxylic acids is 2. The van der Waals surface area contributed by atoms with Crippen LogP contribution in [0.4, 0.5) is 44.4 Å². The number of fused-ring (bicyclic) bond motifs is 2. The Bertz CT molecular complexity index is 3530. The standard InChI is InChI=1S/C51H43N15O6/c67-50(60-44-25-41(63-71-44)32-2-1-15-52-27-32)56-34-8-3-30(4-9-34)40-24-36-37(58-40)13-16-53-48(36)66-20-23-70-43(29-66)38-12-7-33(28-55-38)42-26-45(72-64-42)61-51(68)57-35-10-5-31(6-11-35)47-59-39-14-17-54-49(46(39)62-47)65-18-21-69-22-19-65/h1-17,24-28,43,58H,18-23,29H2,(H,59,62)(H2,56,60,67)(H2,57,61,68). The van der Waals surface area contributed by atoms with Gasteiger partial charge in [0.05, 0.1) is 43.1 Å². The van der Waals surface area contributed by atoms with Gasteiger partial charge in [-0.3, -0.25) is 20.6 Å². The maximum absolute atomic E-state index is 13.0. The number of anilines is 6. The maximum Gasteiger partial charge on any atom is 0.326 e. The molecule has 10 heterocycles. The Hall–Kier alpha value is -9.47. The lowest BCUT2D eigenvalue weighted by Crippen LogP contribution is -2.39. The summed E-state index contributed by atoms with van der Waals surface area (Å²) in [5.74, 6) is 2.75. The summed E-state index contributed by atoms with van der Waals surface area (Å²) < 4.78 is 22.5. The number of benzene rings is 2. The molecule has 12 rings (SSSR count). The zero-order valence-electron chi connectivity index (χ0n) is 38.2. The van der Waals surface area contributed by atoms with Crippen molar-refractivity contribution in [2.24, 2.45) is 0 Å². The van der Waals surface area contributed by atoms with Gasteiger partial charge in [-0.05, 0) is 84.4 Å². The van der Waals surface area contributed by atoms with Gasteiger partial charge in [0.1, 0.15) is 34.7 Å². The molecule has 72 heavy (non-hydrogen) atoms. The molecule has 0 aliphatic carbocycles. The first-order valence-corrected chi connectivity index (χ1v) is 23.1. The number of amides is 4. The predicted molar refractivity (Wildman–Crippen MR) is 270 cm³/mol. The lowest BCUT2D eigenvalue weighted by atomic mass is 10.1. The van der Waals surface area contributed by atoms with Gasteiger partial charge >= 0.3 is 12.1 Å². The van der Waals surface area contributed by atoms with Crippen LogP contribution in [0.25, 0.3) is 67.1 Å². The van der Waals surface area contributed by atoms with Crippen LogP contribution in [0.2, 0.25) is 0 Å². The van der Waals surface area contributed by atoms with E-state index in [1.807, 2.05) is 66.7 Å². The van der Waals surface area contributed by atoms with Crippen molar-refractivity contribution in [3.05, 3.63) is 140 Å². The van der Waals surface area contributed by atoms with Crippen molar-refractivity contribution in [3.8, 4) is 45.2 Å². The molecule has 2 aliphatic rings. The molecule has 0 radical (unpaired) electrons. The molecule has 2 saturated heterocycles. The Morgan fingerprint density at radius 1 is 0.597 bits per heavy atom. The lowest BCUT2D eigenvalue weighted by molar-refractivity contribution is 0.0369. The third kappa shape index (κ3) is 9.22. The van der Waals surface area contributed by atoms with Crippen molar-refractivity contribution < 1.29 is 28.1 Å². The van der Waals surface area contributed by atoms with E-state index in [1.54, 1.807) is 61.3 Å². The van der Waals surface area contributed by atoms with Gasteiger partial charge in [-0.15, -0.1) is 0 Å². The molecule has 10 aromatic rings. The molecule has 21 heteroatoms. The summed E-state index contributed by atoms with van der Waals surface area (Å²) in [6.07, 6.45) is 8.31. The van der Waals surface area contributed by atoms with Gasteiger partial charge < -0.3 is 48.9 Å². The maximum atomic E-state index is 13.0. The van der Waals surface area contributed by atoms with Crippen LogP contribution in [0.3, 0.4) is 0 Å². The number of carbonyl (C=O) groups is 2. The average molecular weight is 962 g/mol. The van der Waals surface area contributed by atoms with Gasteiger partial charge in [-0.25, -0.2) is 24.5 Å².